The predicted octanol–water partition coefficient (Wildman–Crippen LogP) is 4.68. The number of rotatable bonds is 6. The van der Waals surface area contributed by atoms with Crippen molar-refractivity contribution in [1.82, 2.24) is 4.90 Å². The van der Waals surface area contributed by atoms with E-state index in [4.69, 9.17) is 4.74 Å². The minimum Gasteiger partial charge on any atom is -0.492 e. The second-order valence-corrected chi connectivity index (χ2v) is 6.59. The molecule has 3 rings (SSSR count). The minimum atomic E-state index is -0.101. The van der Waals surface area contributed by atoms with E-state index >= 15 is 0 Å². The van der Waals surface area contributed by atoms with Crippen molar-refractivity contribution in [2.45, 2.75) is 6.92 Å². The van der Waals surface area contributed by atoms with Crippen molar-refractivity contribution in [2.24, 2.45) is 0 Å². The Morgan fingerprint density at radius 3 is 2.46 bits per heavy atom. The summed E-state index contributed by atoms with van der Waals surface area (Å²) < 4.78 is 5.76. The molecule has 0 bridgehead atoms. The van der Waals surface area contributed by atoms with Gasteiger partial charge < -0.3 is 9.64 Å². The second kappa shape index (κ2) is 8.88. The molecule has 3 aromatic rings. The zero-order chi connectivity index (χ0) is 19.9. The Morgan fingerprint density at radius 2 is 1.71 bits per heavy atom. The zero-order valence-electron chi connectivity index (χ0n) is 16.1. The Balaban J connectivity index is 1.75. The number of carbonyl (C=O) groups excluding carboxylic acids is 1. The van der Waals surface area contributed by atoms with Gasteiger partial charge in [0, 0.05) is 18.2 Å². The van der Waals surface area contributed by atoms with Crippen LogP contribution in [0.5, 0.6) is 5.75 Å². The molecule has 140 valence electrons. The van der Waals surface area contributed by atoms with Crippen molar-refractivity contribution < 1.29 is 9.53 Å². The summed E-state index contributed by atoms with van der Waals surface area (Å²) in [5, 5.41) is 9.40. The average Bonchev–Trinajstić information content (AvgIpc) is 2.73. The lowest BCUT2D eigenvalue weighted by Gasteiger charge is -2.20. The number of carbonyl (C=O) groups is 1. The molecule has 0 atom stereocenters. The van der Waals surface area contributed by atoms with E-state index in [-0.39, 0.29) is 5.91 Å². The molecule has 0 radical (unpaired) electrons. The number of nitriles is 1. The van der Waals surface area contributed by atoms with Crippen LogP contribution in [0.25, 0.3) is 11.1 Å². The molecule has 0 saturated heterocycles. The minimum absolute atomic E-state index is 0.101. The molecular weight excluding hydrogens is 348 g/mol. The smallest absolute Gasteiger partial charge is 0.254 e. The third-order valence-electron chi connectivity index (χ3n) is 4.53. The van der Waals surface area contributed by atoms with Gasteiger partial charge in [-0.3, -0.25) is 4.79 Å². The molecule has 0 spiro atoms. The molecule has 1 amide bonds. The van der Waals surface area contributed by atoms with Crippen LogP contribution >= 0.6 is 0 Å². The lowest BCUT2D eigenvalue weighted by Crippen LogP contribution is -2.31. The van der Waals surface area contributed by atoms with Crippen LogP contribution in [0.1, 0.15) is 21.5 Å². The van der Waals surface area contributed by atoms with E-state index in [1.54, 1.807) is 24.1 Å². The normalized spacial score (nSPS) is 10.2. The van der Waals surface area contributed by atoms with Crippen LogP contribution in [-0.2, 0) is 0 Å². The van der Waals surface area contributed by atoms with Crippen molar-refractivity contribution in [2.75, 3.05) is 20.2 Å². The van der Waals surface area contributed by atoms with E-state index in [9.17, 15) is 10.1 Å². The molecule has 0 unspecified atom stereocenters. The quantitative estimate of drug-likeness (QED) is 0.633. The number of hydrogen-bond acceptors (Lipinski definition) is 3. The molecule has 0 heterocycles. The Morgan fingerprint density at radius 1 is 1.00 bits per heavy atom. The topological polar surface area (TPSA) is 53.3 Å². The number of benzene rings is 3. The number of aryl methyl sites for hydroxylation is 1. The molecule has 0 saturated carbocycles. The van der Waals surface area contributed by atoms with Gasteiger partial charge in [-0.25, -0.2) is 0 Å². The van der Waals surface area contributed by atoms with E-state index in [1.807, 2.05) is 67.6 Å². The van der Waals surface area contributed by atoms with Crippen molar-refractivity contribution >= 4 is 5.91 Å². The first-order valence-electron chi connectivity index (χ1n) is 9.13. The summed E-state index contributed by atoms with van der Waals surface area (Å²) in [6.07, 6.45) is 0. The molecule has 0 fully saturated rings. The Bertz CT molecular complexity index is 1020. The van der Waals surface area contributed by atoms with Gasteiger partial charge in [0.05, 0.1) is 18.2 Å². The highest BCUT2D eigenvalue weighted by molar-refractivity contribution is 6.01. The first kappa shape index (κ1) is 19.2. The van der Waals surface area contributed by atoms with Crippen LogP contribution < -0.4 is 4.74 Å². The second-order valence-electron chi connectivity index (χ2n) is 6.59. The van der Waals surface area contributed by atoms with E-state index in [2.05, 4.69) is 6.07 Å². The third-order valence-corrected chi connectivity index (χ3v) is 4.53. The summed E-state index contributed by atoms with van der Waals surface area (Å²) in [5.74, 6) is 0.695. The number of amides is 1. The number of likely N-dealkylation sites (N-methyl/N-ethyl adjacent to an activating group) is 1. The van der Waals surface area contributed by atoms with Gasteiger partial charge >= 0.3 is 0 Å². The molecule has 28 heavy (non-hydrogen) atoms. The van der Waals surface area contributed by atoms with Crippen molar-refractivity contribution in [1.29, 1.82) is 5.26 Å². The molecule has 4 heteroatoms. The van der Waals surface area contributed by atoms with Gasteiger partial charge in [0.2, 0.25) is 0 Å². The van der Waals surface area contributed by atoms with Crippen molar-refractivity contribution in [3.05, 3.63) is 89.5 Å². The van der Waals surface area contributed by atoms with E-state index in [0.29, 0.717) is 24.3 Å². The SMILES string of the molecule is Cc1cccc(OCCN(C)C(=O)c2ccccc2-c2ccccc2C#N)c1. The van der Waals surface area contributed by atoms with Gasteiger partial charge in [-0.2, -0.15) is 5.26 Å². The van der Waals surface area contributed by atoms with Crippen LogP contribution in [0.2, 0.25) is 0 Å². The number of nitrogens with zero attached hydrogens (tertiary/aromatic N) is 2. The van der Waals surface area contributed by atoms with E-state index in [1.165, 1.54) is 0 Å². The van der Waals surface area contributed by atoms with Crippen molar-refractivity contribution in [3.63, 3.8) is 0 Å². The predicted molar refractivity (Wildman–Crippen MR) is 110 cm³/mol. The van der Waals surface area contributed by atoms with E-state index in [0.717, 1.165) is 22.4 Å². The van der Waals surface area contributed by atoms with Gasteiger partial charge in [-0.1, -0.05) is 48.5 Å². The molecule has 0 aliphatic rings. The average molecular weight is 370 g/mol. The van der Waals surface area contributed by atoms with Gasteiger partial charge in [-0.15, -0.1) is 0 Å². The largest absolute Gasteiger partial charge is 0.492 e. The molecule has 0 N–H and O–H groups in total. The third kappa shape index (κ3) is 4.39. The first-order valence-corrected chi connectivity index (χ1v) is 9.13. The maximum absolute atomic E-state index is 13.0. The van der Waals surface area contributed by atoms with Crippen LogP contribution in [-0.4, -0.2) is 31.0 Å². The standard InChI is InChI=1S/C24H22N2O2/c1-18-8-7-10-20(16-18)28-15-14-26(2)24(27)23-13-6-5-12-22(23)21-11-4-3-9-19(21)17-25/h3-13,16H,14-15H2,1-2H3. The lowest BCUT2D eigenvalue weighted by molar-refractivity contribution is 0.0774. The van der Waals surface area contributed by atoms with Gasteiger partial charge in [0.15, 0.2) is 0 Å². The zero-order valence-corrected chi connectivity index (χ0v) is 16.1. The summed E-state index contributed by atoms with van der Waals surface area (Å²) in [6.45, 7) is 2.88. The molecular formula is C24H22N2O2. The van der Waals surface area contributed by atoms with Gasteiger partial charge in [0.25, 0.3) is 5.91 Å². The Labute approximate surface area is 165 Å². The lowest BCUT2D eigenvalue weighted by atomic mass is 9.95. The monoisotopic (exact) mass is 370 g/mol. The fourth-order valence-corrected chi connectivity index (χ4v) is 3.03. The summed E-state index contributed by atoms with van der Waals surface area (Å²) in [5.41, 5.74) is 3.78. The summed E-state index contributed by atoms with van der Waals surface area (Å²) in [6, 6.07) is 24.7. The summed E-state index contributed by atoms with van der Waals surface area (Å²) >= 11 is 0. The molecule has 0 aliphatic carbocycles. The first-order chi connectivity index (χ1) is 13.6. The summed E-state index contributed by atoms with van der Waals surface area (Å²) in [4.78, 5) is 14.7. The molecule has 4 nitrogen and oxygen atoms in total. The maximum Gasteiger partial charge on any atom is 0.254 e. The van der Waals surface area contributed by atoms with Crippen LogP contribution in [0.4, 0.5) is 0 Å². The Hall–Kier alpha value is -3.58. The fraction of sp³-hybridized carbons (Fsp3) is 0.167. The highest BCUT2D eigenvalue weighted by Crippen LogP contribution is 2.27. The number of ether oxygens (including phenoxy) is 1. The number of hydrogen-bond donors (Lipinski definition) is 0. The molecule has 0 aromatic heterocycles. The molecule has 0 aliphatic heterocycles. The van der Waals surface area contributed by atoms with Gasteiger partial charge in [-0.05, 0) is 42.3 Å². The van der Waals surface area contributed by atoms with Crippen LogP contribution in [0.15, 0.2) is 72.8 Å². The van der Waals surface area contributed by atoms with Gasteiger partial charge in [0.1, 0.15) is 12.4 Å². The fourth-order valence-electron chi connectivity index (χ4n) is 3.03. The van der Waals surface area contributed by atoms with Crippen LogP contribution in [0, 0.1) is 18.3 Å². The maximum atomic E-state index is 13.0. The highest BCUT2D eigenvalue weighted by Gasteiger charge is 2.18. The van der Waals surface area contributed by atoms with E-state index < -0.39 is 0 Å². The van der Waals surface area contributed by atoms with Crippen LogP contribution in [0.3, 0.4) is 0 Å². The summed E-state index contributed by atoms with van der Waals surface area (Å²) in [7, 11) is 1.76. The highest BCUT2D eigenvalue weighted by atomic mass is 16.5. The van der Waals surface area contributed by atoms with Crippen molar-refractivity contribution in [3.8, 4) is 22.9 Å². The molecule has 3 aromatic carbocycles. The Kier molecular flexibility index (Phi) is 6.08.